The van der Waals surface area contributed by atoms with Crippen LogP contribution >= 0.6 is 0 Å². The molecule has 28 nitrogen and oxygen atoms in total. The monoisotopic (exact) mass is 1220 g/mol. The van der Waals surface area contributed by atoms with Crippen molar-refractivity contribution in [3.05, 3.63) is 4.91 Å². The van der Waals surface area contributed by atoms with E-state index in [1.807, 2.05) is 0 Å². The molecule has 0 saturated carbocycles. The molecule has 1 aliphatic rings. The molecule has 0 aromatic heterocycles. The topological polar surface area (TPSA) is 409 Å². The molecule has 28 heteroatoms. The van der Waals surface area contributed by atoms with Crippen LogP contribution in [0.25, 0.3) is 0 Å². The van der Waals surface area contributed by atoms with Gasteiger partial charge in [0, 0.05) is 71.5 Å². The lowest BCUT2D eigenvalue weighted by molar-refractivity contribution is -0.734. The lowest BCUT2D eigenvalue weighted by Crippen LogP contribution is -2.45. The number of hydrogen-bond donors (Lipinski definition) is 10. The Morgan fingerprint density at radius 2 is 0.918 bits per heavy atom. The van der Waals surface area contributed by atoms with Gasteiger partial charge >= 0.3 is 29.8 Å². The van der Waals surface area contributed by atoms with Crippen molar-refractivity contribution in [2.75, 3.05) is 79.0 Å². The van der Waals surface area contributed by atoms with Crippen LogP contribution in [-0.2, 0) is 71.7 Å². The van der Waals surface area contributed by atoms with Crippen LogP contribution in [-0.4, -0.2) is 204 Å². The number of ketones is 1. The molecule has 85 heavy (non-hydrogen) atoms. The summed E-state index contributed by atoms with van der Waals surface area (Å²) < 4.78 is 21.3. The summed E-state index contributed by atoms with van der Waals surface area (Å²) in [6.45, 7) is 2.46. The molecule has 0 aromatic rings. The number of hydrazine groups is 1. The number of amides is 5. The lowest BCUT2D eigenvalue weighted by atomic mass is 9.97. The van der Waals surface area contributed by atoms with Gasteiger partial charge in [0.15, 0.2) is 11.8 Å². The maximum Gasteiger partial charge on any atom is 0.332 e. The second kappa shape index (κ2) is 48.8. The van der Waals surface area contributed by atoms with Crippen molar-refractivity contribution < 1.29 is 102 Å². The number of carboxylic acid groups (broad SMARTS) is 5. The van der Waals surface area contributed by atoms with E-state index in [2.05, 4.69) is 26.6 Å². The number of ether oxygens (including phenoxy) is 4. The molecule has 1 fully saturated rings. The van der Waals surface area contributed by atoms with Crippen molar-refractivity contribution in [2.24, 2.45) is 5.92 Å². The number of nitrogens with one attached hydrogen (secondary N) is 5. The Morgan fingerprint density at radius 3 is 1.41 bits per heavy atom. The predicted octanol–water partition coefficient (Wildman–Crippen LogP) is 3.67. The summed E-state index contributed by atoms with van der Waals surface area (Å²) >= 11 is 0. The minimum absolute atomic E-state index is 0.0170. The van der Waals surface area contributed by atoms with E-state index in [0.29, 0.717) is 49.9 Å². The second-order valence-electron chi connectivity index (χ2n) is 21.3. The average Bonchev–Trinajstić information content (AvgIpc) is 4.22. The molecule has 0 bridgehead atoms. The quantitative estimate of drug-likeness (QED) is 0.0307. The van der Waals surface area contributed by atoms with Crippen molar-refractivity contribution in [3.8, 4) is 0 Å². The summed E-state index contributed by atoms with van der Waals surface area (Å²) in [4.78, 5) is 145. The molecular formula is C57H98N7O21+. The molecule has 10 N–H and O–H groups in total. The van der Waals surface area contributed by atoms with Gasteiger partial charge in [-0.15, -0.1) is 5.01 Å². The minimum atomic E-state index is -1.43. The summed E-state index contributed by atoms with van der Waals surface area (Å²) in [6, 6.07) is -3.92. The maximum absolute atomic E-state index is 12.6. The number of Topliss-reactive ketones (excluding diaryl/α,β-unsaturated/α-hetero) is 1. The number of nitrogens with zero attached hydrogens (tertiary/aromatic N) is 2. The average molecular weight is 1220 g/mol. The Hall–Kier alpha value is -6.39. The van der Waals surface area contributed by atoms with Gasteiger partial charge < -0.3 is 71.1 Å². The first-order valence-electron chi connectivity index (χ1n) is 30.3. The zero-order chi connectivity index (χ0) is 63.0. The van der Waals surface area contributed by atoms with Gasteiger partial charge in [-0.3, -0.25) is 38.4 Å². The van der Waals surface area contributed by atoms with E-state index in [0.717, 1.165) is 51.4 Å². The van der Waals surface area contributed by atoms with Gasteiger partial charge in [-0.2, -0.15) is 0 Å². The van der Waals surface area contributed by atoms with Gasteiger partial charge in [-0.25, -0.2) is 14.4 Å². The number of nitroso groups, excluding NO2 is 1. The number of carbonyl (C=O) groups is 11. The van der Waals surface area contributed by atoms with E-state index in [1.54, 1.807) is 6.92 Å². The number of aliphatic carboxylic acids is 5. The van der Waals surface area contributed by atoms with Gasteiger partial charge in [-0.05, 0) is 57.8 Å². The summed E-state index contributed by atoms with van der Waals surface area (Å²) in [7, 11) is 0. The highest BCUT2D eigenvalue weighted by molar-refractivity contribution is 5.87. The number of hydrogen-bond acceptors (Lipinski definition) is 16. The Bertz CT molecular complexity index is 2030. The van der Waals surface area contributed by atoms with Crippen LogP contribution in [0.2, 0.25) is 0 Å². The Kier molecular flexibility index (Phi) is 44.0. The molecule has 1 rings (SSSR count). The van der Waals surface area contributed by atoms with Gasteiger partial charge in [0.1, 0.15) is 30.2 Å². The van der Waals surface area contributed by atoms with Crippen LogP contribution in [0.5, 0.6) is 0 Å². The van der Waals surface area contributed by atoms with Gasteiger partial charge in [-0.1, -0.05) is 77.0 Å². The van der Waals surface area contributed by atoms with Crippen molar-refractivity contribution in [2.45, 2.75) is 211 Å². The van der Waals surface area contributed by atoms with Crippen LogP contribution < -0.4 is 26.6 Å². The van der Waals surface area contributed by atoms with E-state index in [1.165, 1.54) is 37.1 Å². The molecule has 1 aliphatic heterocycles. The SMILES string of the molecule is C[C@@H](CCCCNC(=O)CC[C@H](NC(=O)CC[C@H](CC(=O)COCCOCCNC(=O)COCCOCCNC(=O)CC[C@H](NC(=O)CCCCCCCCCCCCCCCCC(=O)O)C(=O)O)C(=O)O)C(=O)O)[N+](=O)N1CCC[C@H]1C(=O)O. The molecule has 0 aliphatic carbocycles. The normalized spacial score (nSPS) is 14.3. The van der Waals surface area contributed by atoms with E-state index in [-0.39, 0.29) is 117 Å². The van der Waals surface area contributed by atoms with Gasteiger partial charge in [0.2, 0.25) is 35.6 Å². The van der Waals surface area contributed by atoms with Crippen molar-refractivity contribution in [1.82, 2.24) is 31.6 Å². The summed E-state index contributed by atoms with van der Waals surface area (Å²) in [6.07, 6.45) is 16.0. The second-order valence-corrected chi connectivity index (χ2v) is 21.3. The summed E-state index contributed by atoms with van der Waals surface area (Å²) in [5.41, 5.74) is 0. The summed E-state index contributed by atoms with van der Waals surface area (Å²) in [5, 5.41) is 60.8. The largest absolute Gasteiger partial charge is 0.481 e. The van der Waals surface area contributed by atoms with Crippen LogP contribution in [0.1, 0.15) is 187 Å². The Balaban J connectivity index is 2.07. The van der Waals surface area contributed by atoms with E-state index < -0.39 is 109 Å². The molecule has 1 heterocycles. The van der Waals surface area contributed by atoms with Crippen LogP contribution in [0, 0.1) is 10.8 Å². The third-order valence-electron chi connectivity index (χ3n) is 14.1. The highest BCUT2D eigenvalue weighted by Gasteiger charge is 2.41. The van der Waals surface area contributed by atoms with Crippen LogP contribution in [0.3, 0.4) is 0 Å². The number of carboxylic acids is 5. The molecule has 0 unspecified atom stereocenters. The third kappa shape index (κ3) is 41.3. The summed E-state index contributed by atoms with van der Waals surface area (Å²) in [5.74, 6) is -9.92. The molecule has 5 atom stereocenters. The number of unbranched alkanes of at least 4 members (excludes halogenated alkanes) is 14. The molecule has 486 valence electrons. The number of carbonyl (C=O) groups excluding carboxylic acids is 6. The van der Waals surface area contributed by atoms with Gasteiger partial charge in [0.25, 0.3) is 0 Å². The predicted molar refractivity (Wildman–Crippen MR) is 306 cm³/mol. The smallest absolute Gasteiger partial charge is 0.332 e. The zero-order valence-electron chi connectivity index (χ0n) is 49.8. The van der Waals surface area contributed by atoms with Crippen LogP contribution in [0.4, 0.5) is 0 Å². The molecule has 0 spiro atoms. The fourth-order valence-corrected chi connectivity index (χ4v) is 9.17. The maximum atomic E-state index is 12.6. The molecule has 5 amide bonds. The number of rotatable bonds is 57. The molecule has 0 radical (unpaired) electrons. The van der Waals surface area contributed by atoms with Crippen molar-refractivity contribution in [3.63, 3.8) is 0 Å². The molecular weight excluding hydrogens is 1120 g/mol. The zero-order valence-corrected chi connectivity index (χ0v) is 49.8. The molecule has 1 saturated heterocycles. The van der Waals surface area contributed by atoms with Crippen molar-refractivity contribution >= 4 is 65.2 Å². The fraction of sp³-hybridized carbons (Fsp3) is 0.807. The van der Waals surface area contributed by atoms with Gasteiger partial charge in [0.05, 0.1) is 57.0 Å². The van der Waals surface area contributed by atoms with E-state index in [9.17, 15) is 78.1 Å². The van der Waals surface area contributed by atoms with Crippen molar-refractivity contribution in [1.29, 1.82) is 0 Å². The van der Waals surface area contributed by atoms with E-state index in [4.69, 9.17) is 24.1 Å². The standard InChI is InChI=1S/C57H97N7O21/c1-42(64(81)63-32-18-20-47(63)57(79)80)19-16-17-29-58-48(66)27-24-46(56(77)78)62-51(69)26-23-43(54(73)74)39-44(65)40-84-37-35-83-34-31-60-52(70)41-85-38-36-82-33-30-59-49(67)28-25-45(55(75)76)61-50(68)21-14-12-10-8-6-4-2-3-5-7-9-11-13-15-22-53(71)72/h42-43,45-47H,2-41H2,1H3,(H9-,58,59,60,61,62,66,67,68,69,70,71,72,73,74,75,76,77,78,79,80)/p+1/t42-,43+,45-,46-,47-/m0/s1. The Morgan fingerprint density at radius 1 is 0.471 bits per heavy atom. The highest BCUT2D eigenvalue weighted by atomic mass is 16.5. The first-order valence-corrected chi connectivity index (χ1v) is 30.3. The highest BCUT2D eigenvalue weighted by Crippen LogP contribution is 2.20. The van der Waals surface area contributed by atoms with E-state index >= 15 is 0 Å². The Labute approximate surface area is 498 Å². The minimum Gasteiger partial charge on any atom is -0.481 e. The third-order valence-corrected chi connectivity index (χ3v) is 14.1. The molecule has 0 aromatic carbocycles. The fourth-order valence-electron chi connectivity index (χ4n) is 9.17. The lowest BCUT2D eigenvalue weighted by Gasteiger charge is -2.16. The first kappa shape index (κ1) is 76.6. The first-order chi connectivity index (χ1) is 40.7. The van der Waals surface area contributed by atoms with Crippen LogP contribution in [0.15, 0.2) is 0 Å².